The second-order valence-corrected chi connectivity index (χ2v) is 6.76. The van der Waals surface area contributed by atoms with Gasteiger partial charge in [-0.1, -0.05) is 99.1 Å². The molecule has 1 heteroatoms. The highest BCUT2D eigenvalue weighted by Crippen LogP contribution is 2.26. The number of benzene rings is 3. The maximum Gasteiger partial charge on any atom is 0.170 e. The Kier molecular flexibility index (Phi) is 6.01. The van der Waals surface area contributed by atoms with Gasteiger partial charge in [0.25, 0.3) is 0 Å². The third kappa shape index (κ3) is 4.11. The van der Waals surface area contributed by atoms with Crippen molar-refractivity contribution in [3.8, 4) is 11.1 Å². The number of hydrogen-bond acceptors (Lipinski definition) is 1. The number of aryl methyl sites for hydroxylation is 1. The van der Waals surface area contributed by atoms with E-state index in [4.69, 9.17) is 0 Å². The topological polar surface area (TPSA) is 17.1 Å². The van der Waals surface area contributed by atoms with E-state index in [1.54, 1.807) is 0 Å². The van der Waals surface area contributed by atoms with Gasteiger partial charge in [-0.2, -0.15) is 0 Å². The molecule has 0 aliphatic rings. The minimum atomic E-state index is -0.0737. The van der Waals surface area contributed by atoms with Crippen molar-refractivity contribution in [1.82, 2.24) is 0 Å². The molecule has 3 rings (SSSR count). The van der Waals surface area contributed by atoms with Crippen molar-refractivity contribution < 1.29 is 4.79 Å². The van der Waals surface area contributed by atoms with Gasteiger partial charge in [0.1, 0.15) is 0 Å². The lowest BCUT2D eigenvalue weighted by Crippen LogP contribution is -2.12. The van der Waals surface area contributed by atoms with Crippen LogP contribution in [0, 0.1) is 0 Å². The van der Waals surface area contributed by atoms with E-state index in [1.807, 2.05) is 42.5 Å². The molecule has 0 saturated carbocycles. The second kappa shape index (κ2) is 8.62. The van der Waals surface area contributed by atoms with Crippen molar-refractivity contribution in [2.75, 3.05) is 0 Å². The molecule has 26 heavy (non-hydrogen) atoms. The zero-order valence-corrected chi connectivity index (χ0v) is 15.6. The third-order valence-electron chi connectivity index (χ3n) is 4.92. The van der Waals surface area contributed by atoms with Crippen LogP contribution in [0.4, 0.5) is 0 Å². The highest BCUT2D eigenvalue weighted by atomic mass is 16.1. The van der Waals surface area contributed by atoms with Crippen LogP contribution in [0.15, 0.2) is 78.9 Å². The Hall–Kier alpha value is -2.67. The van der Waals surface area contributed by atoms with Crippen LogP contribution in [0.5, 0.6) is 0 Å². The lowest BCUT2D eigenvalue weighted by atomic mass is 9.88. The first-order chi connectivity index (χ1) is 12.7. The largest absolute Gasteiger partial charge is 0.293 e. The van der Waals surface area contributed by atoms with Gasteiger partial charge in [0.15, 0.2) is 5.78 Å². The standard InChI is InChI=1S/C25H26O/c1-3-8-19-11-13-20(14-12-19)21-15-17-23(18-16-21)25(26)24(4-2)22-9-6-5-7-10-22/h5-7,9-18,24H,3-4,8H2,1-2H3. The van der Waals surface area contributed by atoms with Crippen LogP contribution in [-0.4, -0.2) is 5.78 Å². The second-order valence-electron chi connectivity index (χ2n) is 6.76. The predicted octanol–water partition coefficient (Wildman–Crippen LogP) is 6.68. The molecule has 1 unspecified atom stereocenters. The minimum Gasteiger partial charge on any atom is -0.293 e. The molecular weight excluding hydrogens is 316 g/mol. The van der Waals surface area contributed by atoms with Crippen molar-refractivity contribution in [1.29, 1.82) is 0 Å². The quantitative estimate of drug-likeness (QED) is 0.437. The number of carbonyl (C=O) groups is 1. The summed E-state index contributed by atoms with van der Waals surface area (Å²) >= 11 is 0. The van der Waals surface area contributed by atoms with E-state index >= 15 is 0 Å². The van der Waals surface area contributed by atoms with Crippen LogP contribution in [0.1, 0.15) is 54.1 Å². The molecular formula is C25H26O. The molecule has 3 aromatic carbocycles. The monoisotopic (exact) mass is 342 g/mol. The van der Waals surface area contributed by atoms with Gasteiger partial charge in [0.2, 0.25) is 0 Å². The van der Waals surface area contributed by atoms with E-state index in [2.05, 4.69) is 50.2 Å². The summed E-state index contributed by atoms with van der Waals surface area (Å²) in [6.07, 6.45) is 3.09. The molecule has 1 nitrogen and oxygen atoms in total. The van der Waals surface area contributed by atoms with Gasteiger partial charge in [-0.3, -0.25) is 4.79 Å². The van der Waals surface area contributed by atoms with Gasteiger partial charge >= 0.3 is 0 Å². The minimum absolute atomic E-state index is 0.0737. The first-order valence-electron chi connectivity index (χ1n) is 9.51. The number of Topliss-reactive ketones (excluding diaryl/α,β-unsaturated/α-hetero) is 1. The van der Waals surface area contributed by atoms with Gasteiger partial charge in [-0.15, -0.1) is 0 Å². The van der Waals surface area contributed by atoms with Gasteiger partial charge in [0, 0.05) is 11.5 Å². The summed E-state index contributed by atoms with van der Waals surface area (Å²) in [5, 5.41) is 0. The van der Waals surface area contributed by atoms with Crippen LogP contribution < -0.4 is 0 Å². The van der Waals surface area contributed by atoms with E-state index in [-0.39, 0.29) is 11.7 Å². The van der Waals surface area contributed by atoms with Crippen molar-refractivity contribution in [2.24, 2.45) is 0 Å². The van der Waals surface area contributed by atoms with Crippen LogP contribution >= 0.6 is 0 Å². The molecule has 0 saturated heterocycles. The molecule has 0 bridgehead atoms. The molecule has 0 fully saturated rings. The molecule has 0 heterocycles. The van der Waals surface area contributed by atoms with Gasteiger partial charge < -0.3 is 0 Å². The maximum absolute atomic E-state index is 12.9. The molecule has 0 radical (unpaired) electrons. The van der Waals surface area contributed by atoms with E-state index in [0.29, 0.717) is 0 Å². The van der Waals surface area contributed by atoms with Gasteiger partial charge in [-0.25, -0.2) is 0 Å². The molecule has 3 aromatic rings. The molecule has 0 amide bonds. The highest BCUT2D eigenvalue weighted by molar-refractivity contribution is 6.01. The molecule has 0 aliphatic heterocycles. The molecule has 0 aromatic heterocycles. The Morgan fingerprint density at radius 2 is 1.35 bits per heavy atom. The van der Waals surface area contributed by atoms with Crippen LogP contribution in [0.2, 0.25) is 0 Å². The molecule has 0 spiro atoms. The zero-order valence-electron chi connectivity index (χ0n) is 15.6. The van der Waals surface area contributed by atoms with Crippen molar-refractivity contribution in [3.63, 3.8) is 0 Å². The Balaban J connectivity index is 1.79. The summed E-state index contributed by atoms with van der Waals surface area (Å²) in [5.41, 5.74) is 5.59. The fourth-order valence-electron chi connectivity index (χ4n) is 3.44. The lowest BCUT2D eigenvalue weighted by molar-refractivity contribution is 0.0957. The molecule has 132 valence electrons. The van der Waals surface area contributed by atoms with Crippen LogP contribution in [0.25, 0.3) is 11.1 Å². The first-order valence-corrected chi connectivity index (χ1v) is 9.51. The van der Waals surface area contributed by atoms with E-state index < -0.39 is 0 Å². The fourth-order valence-corrected chi connectivity index (χ4v) is 3.44. The van der Waals surface area contributed by atoms with Crippen molar-refractivity contribution in [3.05, 3.63) is 95.6 Å². The Morgan fingerprint density at radius 1 is 0.769 bits per heavy atom. The first kappa shape index (κ1) is 18.1. The molecule has 0 N–H and O–H groups in total. The average molecular weight is 342 g/mol. The number of ketones is 1. The fraction of sp³-hybridized carbons (Fsp3) is 0.240. The number of hydrogen-bond donors (Lipinski definition) is 0. The van der Waals surface area contributed by atoms with E-state index in [9.17, 15) is 4.79 Å². The predicted molar refractivity (Wildman–Crippen MR) is 110 cm³/mol. The summed E-state index contributed by atoms with van der Waals surface area (Å²) in [5.74, 6) is 0.124. The molecule has 0 aliphatic carbocycles. The van der Waals surface area contributed by atoms with Gasteiger partial charge in [0.05, 0.1) is 0 Å². The number of carbonyl (C=O) groups excluding carboxylic acids is 1. The average Bonchev–Trinajstić information content (AvgIpc) is 2.70. The summed E-state index contributed by atoms with van der Waals surface area (Å²) in [6.45, 7) is 4.27. The van der Waals surface area contributed by atoms with Crippen molar-refractivity contribution in [2.45, 2.75) is 39.0 Å². The summed E-state index contributed by atoms with van der Waals surface area (Å²) in [4.78, 5) is 12.9. The maximum atomic E-state index is 12.9. The lowest BCUT2D eigenvalue weighted by Gasteiger charge is -2.14. The third-order valence-corrected chi connectivity index (χ3v) is 4.92. The van der Waals surface area contributed by atoms with Gasteiger partial charge in [-0.05, 0) is 35.1 Å². The van der Waals surface area contributed by atoms with E-state index in [1.165, 1.54) is 11.1 Å². The Morgan fingerprint density at radius 3 is 1.88 bits per heavy atom. The van der Waals surface area contributed by atoms with Crippen LogP contribution in [0.3, 0.4) is 0 Å². The van der Waals surface area contributed by atoms with E-state index in [0.717, 1.165) is 36.0 Å². The zero-order chi connectivity index (χ0) is 18.4. The Labute approximate surface area is 156 Å². The summed E-state index contributed by atoms with van der Waals surface area (Å²) in [6, 6.07) is 26.8. The molecule has 1 atom stereocenters. The van der Waals surface area contributed by atoms with Crippen LogP contribution in [-0.2, 0) is 6.42 Å². The SMILES string of the molecule is CCCc1ccc(-c2ccc(C(=O)C(CC)c3ccccc3)cc2)cc1. The number of rotatable bonds is 7. The Bertz CT molecular complexity index is 830. The summed E-state index contributed by atoms with van der Waals surface area (Å²) in [7, 11) is 0. The summed E-state index contributed by atoms with van der Waals surface area (Å²) < 4.78 is 0. The normalized spacial score (nSPS) is 11.9. The highest BCUT2D eigenvalue weighted by Gasteiger charge is 2.19. The smallest absolute Gasteiger partial charge is 0.170 e. The van der Waals surface area contributed by atoms with Crippen molar-refractivity contribution >= 4 is 5.78 Å².